The molecule has 5 heteroatoms. The number of aliphatic hydroxyl groups excluding tert-OH is 1. The highest BCUT2D eigenvalue weighted by Gasteiger charge is 2.07. The number of aromatic nitrogens is 2. The molecular formula is C12H11BrN2OS. The normalized spacial score (nSPS) is 12.4. The molecule has 0 saturated carbocycles. The van der Waals surface area contributed by atoms with Crippen LogP contribution in [0.2, 0.25) is 0 Å². The van der Waals surface area contributed by atoms with Gasteiger partial charge in [0.1, 0.15) is 0 Å². The maximum Gasteiger partial charge on any atom is 0.192 e. The summed E-state index contributed by atoms with van der Waals surface area (Å²) in [5.41, 5.74) is 0.878. The molecule has 0 fully saturated rings. The largest absolute Gasteiger partial charge is 0.389 e. The Morgan fingerprint density at radius 2 is 2.00 bits per heavy atom. The fourth-order valence-electron chi connectivity index (χ4n) is 1.35. The third-order valence-corrected chi connectivity index (χ3v) is 3.74. The second kappa shape index (κ2) is 5.62. The average Bonchev–Trinajstić information content (AvgIpc) is 2.30. The molecule has 0 aliphatic heterocycles. The van der Waals surface area contributed by atoms with Gasteiger partial charge in [-0.2, -0.15) is 0 Å². The molecule has 0 aliphatic rings. The van der Waals surface area contributed by atoms with E-state index in [1.165, 1.54) is 11.8 Å². The predicted octanol–water partition coefficient (Wildman–Crippen LogP) is 3.44. The fourth-order valence-corrected chi connectivity index (χ4v) is 2.97. The molecule has 2 aromatic rings. The van der Waals surface area contributed by atoms with E-state index in [0.717, 1.165) is 14.9 Å². The van der Waals surface area contributed by atoms with Gasteiger partial charge in [-0.25, -0.2) is 9.97 Å². The lowest BCUT2D eigenvalue weighted by molar-refractivity contribution is 0.198. The van der Waals surface area contributed by atoms with Gasteiger partial charge in [-0.05, 0) is 42.4 Å². The first-order chi connectivity index (χ1) is 8.16. The van der Waals surface area contributed by atoms with Crippen LogP contribution in [-0.2, 0) is 0 Å². The van der Waals surface area contributed by atoms with Crippen LogP contribution >= 0.6 is 27.7 Å². The average molecular weight is 311 g/mol. The summed E-state index contributed by atoms with van der Waals surface area (Å²) in [5, 5.41) is 10.2. The highest BCUT2D eigenvalue weighted by Crippen LogP contribution is 2.31. The zero-order valence-electron chi connectivity index (χ0n) is 9.17. The van der Waals surface area contributed by atoms with Gasteiger partial charge in [0.25, 0.3) is 0 Å². The van der Waals surface area contributed by atoms with E-state index in [9.17, 15) is 5.11 Å². The van der Waals surface area contributed by atoms with Gasteiger partial charge in [0.05, 0.1) is 6.10 Å². The summed E-state index contributed by atoms with van der Waals surface area (Å²) in [7, 11) is 0. The zero-order chi connectivity index (χ0) is 12.3. The third kappa shape index (κ3) is 3.28. The number of rotatable bonds is 3. The van der Waals surface area contributed by atoms with Crippen LogP contribution in [0.15, 0.2) is 51.2 Å². The highest BCUT2D eigenvalue weighted by molar-refractivity contribution is 9.10. The Hall–Kier alpha value is -0.910. The maximum absolute atomic E-state index is 9.52. The SMILES string of the molecule is C[C@H](O)c1ccc(Sc2ncccn2)cc1Br. The van der Waals surface area contributed by atoms with E-state index in [2.05, 4.69) is 25.9 Å². The zero-order valence-corrected chi connectivity index (χ0v) is 11.6. The Kier molecular flexibility index (Phi) is 4.15. The molecule has 1 atom stereocenters. The van der Waals surface area contributed by atoms with Crippen LogP contribution in [0.5, 0.6) is 0 Å². The van der Waals surface area contributed by atoms with Crippen molar-refractivity contribution in [2.75, 3.05) is 0 Å². The smallest absolute Gasteiger partial charge is 0.192 e. The lowest BCUT2D eigenvalue weighted by atomic mass is 10.1. The first kappa shape index (κ1) is 12.5. The second-order valence-corrected chi connectivity index (χ2v) is 5.39. The highest BCUT2D eigenvalue weighted by atomic mass is 79.9. The molecule has 0 radical (unpaired) electrons. The minimum absolute atomic E-state index is 0.476. The number of hydrogen-bond donors (Lipinski definition) is 1. The van der Waals surface area contributed by atoms with Crippen molar-refractivity contribution in [2.45, 2.75) is 23.1 Å². The standard InChI is InChI=1S/C12H11BrN2OS/c1-8(16)10-4-3-9(7-11(10)13)17-12-14-5-2-6-15-12/h2-8,16H,1H3/t8-/m0/s1. The van der Waals surface area contributed by atoms with Crippen LogP contribution in [0.3, 0.4) is 0 Å². The number of nitrogens with zero attached hydrogens (tertiary/aromatic N) is 2. The maximum atomic E-state index is 9.52. The molecule has 0 saturated heterocycles. The summed E-state index contributed by atoms with van der Waals surface area (Å²) in [6.45, 7) is 1.74. The minimum Gasteiger partial charge on any atom is -0.389 e. The van der Waals surface area contributed by atoms with Crippen LogP contribution in [0.1, 0.15) is 18.6 Å². The fraction of sp³-hybridized carbons (Fsp3) is 0.167. The van der Waals surface area contributed by atoms with E-state index in [-0.39, 0.29) is 0 Å². The molecule has 0 unspecified atom stereocenters. The van der Waals surface area contributed by atoms with Gasteiger partial charge in [-0.1, -0.05) is 22.0 Å². The molecular weight excluding hydrogens is 300 g/mol. The molecule has 1 N–H and O–H groups in total. The van der Waals surface area contributed by atoms with E-state index >= 15 is 0 Å². The van der Waals surface area contributed by atoms with Crippen molar-refractivity contribution in [3.05, 3.63) is 46.7 Å². The summed E-state index contributed by atoms with van der Waals surface area (Å²) in [6, 6.07) is 7.60. The lowest BCUT2D eigenvalue weighted by Crippen LogP contribution is -1.92. The number of hydrogen-bond acceptors (Lipinski definition) is 4. The number of halogens is 1. The third-order valence-electron chi connectivity index (χ3n) is 2.17. The van der Waals surface area contributed by atoms with Crippen LogP contribution < -0.4 is 0 Å². The molecule has 0 amide bonds. The van der Waals surface area contributed by atoms with Crippen molar-refractivity contribution < 1.29 is 5.11 Å². The Morgan fingerprint density at radius 3 is 2.59 bits per heavy atom. The quantitative estimate of drug-likeness (QED) is 0.882. The van der Waals surface area contributed by atoms with Gasteiger partial charge in [-0.15, -0.1) is 0 Å². The first-order valence-corrected chi connectivity index (χ1v) is 6.70. The molecule has 1 aromatic heterocycles. The molecule has 1 heterocycles. The van der Waals surface area contributed by atoms with Gasteiger partial charge in [0, 0.05) is 21.8 Å². The van der Waals surface area contributed by atoms with Crippen molar-refractivity contribution in [1.82, 2.24) is 9.97 Å². The summed E-state index contributed by atoms with van der Waals surface area (Å²) in [5.74, 6) is 0. The van der Waals surface area contributed by atoms with E-state index in [1.807, 2.05) is 18.2 Å². The number of aliphatic hydroxyl groups is 1. The lowest BCUT2D eigenvalue weighted by Gasteiger charge is -2.08. The van der Waals surface area contributed by atoms with Gasteiger partial charge in [0.2, 0.25) is 0 Å². The molecule has 1 aromatic carbocycles. The Morgan fingerprint density at radius 1 is 1.29 bits per heavy atom. The molecule has 0 spiro atoms. The van der Waals surface area contributed by atoms with Crippen molar-refractivity contribution >= 4 is 27.7 Å². The van der Waals surface area contributed by atoms with Crippen molar-refractivity contribution in [3.8, 4) is 0 Å². The van der Waals surface area contributed by atoms with Crippen molar-refractivity contribution in [2.24, 2.45) is 0 Å². The molecule has 0 aliphatic carbocycles. The van der Waals surface area contributed by atoms with Gasteiger partial charge in [0.15, 0.2) is 5.16 Å². The Bertz CT molecular complexity index is 505. The van der Waals surface area contributed by atoms with E-state index in [4.69, 9.17) is 0 Å². The summed E-state index contributed by atoms with van der Waals surface area (Å²) >= 11 is 4.94. The summed E-state index contributed by atoms with van der Waals surface area (Å²) < 4.78 is 0.897. The van der Waals surface area contributed by atoms with Gasteiger partial charge in [-0.3, -0.25) is 0 Å². The molecule has 2 rings (SSSR count). The molecule has 17 heavy (non-hydrogen) atoms. The Labute approximate surface area is 112 Å². The predicted molar refractivity (Wildman–Crippen MR) is 70.9 cm³/mol. The van der Waals surface area contributed by atoms with E-state index < -0.39 is 6.10 Å². The first-order valence-electron chi connectivity index (χ1n) is 5.09. The summed E-state index contributed by atoms with van der Waals surface area (Å²) in [6.07, 6.45) is 2.96. The Balaban J connectivity index is 2.21. The van der Waals surface area contributed by atoms with Crippen molar-refractivity contribution in [1.29, 1.82) is 0 Å². The van der Waals surface area contributed by atoms with Crippen LogP contribution in [0.4, 0.5) is 0 Å². The topological polar surface area (TPSA) is 46.0 Å². The number of benzene rings is 1. The van der Waals surface area contributed by atoms with Gasteiger partial charge >= 0.3 is 0 Å². The van der Waals surface area contributed by atoms with E-state index in [0.29, 0.717) is 5.16 Å². The minimum atomic E-state index is -0.476. The molecule has 3 nitrogen and oxygen atoms in total. The van der Waals surface area contributed by atoms with Gasteiger partial charge < -0.3 is 5.11 Å². The van der Waals surface area contributed by atoms with E-state index in [1.54, 1.807) is 25.4 Å². The van der Waals surface area contributed by atoms with Crippen LogP contribution in [0, 0.1) is 0 Å². The second-order valence-electron chi connectivity index (χ2n) is 3.49. The van der Waals surface area contributed by atoms with Crippen LogP contribution in [0.25, 0.3) is 0 Å². The monoisotopic (exact) mass is 310 g/mol. The molecule has 88 valence electrons. The summed E-state index contributed by atoms with van der Waals surface area (Å²) in [4.78, 5) is 9.33. The molecule has 0 bridgehead atoms. The van der Waals surface area contributed by atoms with Crippen molar-refractivity contribution in [3.63, 3.8) is 0 Å². The van der Waals surface area contributed by atoms with Crippen LogP contribution in [-0.4, -0.2) is 15.1 Å².